The van der Waals surface area contributed by atoms with Crippen LogP contribution < -0.4 is 0 Å². The molecule has 1 saturated carbocycles. The smallest absolute Gasteiger partial charge is 0.325 e. The molecule has 1 fully saturated rings. The molecule has 1 N–H and O–H groups in total. The fraction of sp³-hybridized carbons (Fsp3) is 0.412. The van der Waals surface area contributed by atoms with Crippen molar-refractivity contribution in [3.63, 3.8) is 0 Å². The normalized spacial score (nSPS) is 15.8. The van der Waals surface area contributed by atoms with Crippen molar-refractivity contribution in [3.8, 4) is 0 Å². The summed E-state index contributed by atoms with van der Waals surface area (Å²) in [4.78, 5) is 18.2. The van der Waals surface area contributed by atoms with E-state index in [1.165, 1.54) is 6.07 Å². The van der Waals surface area contributed by atoms with Crippen LogP contribution in [0.2, 0.25) is 0 Å². The molecule has 5 nitrogen and oxygen atoms in total. The summed E-state index contributed by atoms with van der Waals surface area (Å²) in [6.07, 6.45) is 5.51. The molecule has 3 rings (SSSR count). The van der Waals surface area contributed by atoms with Gasteiger partial charge in [-0.25, -0.2) is 9.37 Å². The predicted octanol–water partition coefficient (Wildman–Crippen LogP) is 2.66. The van der Waals surface area contributed by atoms with Gasteiger partial charge < -0.3 is 9.67 Å². The molecule has 0 spiro atoms. The lowest BCUT2D eigenvalue weighted by molar-refractivity contribution is -0.144. The summed E-state index contributed by atoms with van der Waals surface area (Å²) in [6, 6.07) is 3.97. The molecule has 0 saturated heterocycles. The number of carboxylic acids is 1. The van der Waals surface area contributed by atoms with Crippen molar-refractivity contribution in [1.29, 1.82) is 0 Å². The number of benzene rings is 1. The quantitative estimate of drug-likeness (QED) is 0.890. The number of hydrogen-bond acceptors (Lipinski definition) is 3. The number of aliphatic carboxylic acids is 1. The summed E-state index contributed by atoms with van der Waals surface area (Å²) in [6.45, 7) is 2.11. The summed E-state index contributed by atoms with van der Waals surface area (Å²) in [5.41, 5.74) is 1.07. The fourth-order valence-corrected chi connectivity index (χ4v) is 2.86. The van der Waals surface area contributed by atoms with E-state index in [0.717, 1.165) is 18.7 Å². The monoisotopic (exact) mass is 317 g/mol. The first-order valence-electron chi connectivity index (χ1n) is 7.68. The Kier molecular flexibility index (Phi) is 4.17. The zero-order valence-electron chi connectivity index (χ0n) is 13.2. The molecule has 1 heterocycles. The SMILES string of the molecule is Cc1cc([C@@H](C(=O)O)N(Cc2nccn2C)C2CC2)ccc1F. The summed E-state index contributed by atoms with van der Waals surface area (Å²) >= 11 is 0. The first-order chi connectivity index (χ1) is 11.0. The van der Waals surface area contributed by atoms with Gasteiger partial charge in [0.1, 0.15) is 17.7 Å². The highest BCUT2D eigenvalue weighted by Crippen LogP contribution is 2.36. The molecular weight excluding hydrogens is 297 g/mol. The first-order valence-corrected chi connectivity index (χ1v) is 7.68. The highest BCUT2D eigenvalue weighted by Gasteiger charge is 2.39. The van der Waals surface area contributed by atoms with Gasteiger partial charge >= 0.3 is 5.97 Å². The van der Waals surface area contributed by atoms with E-state index < -0.39 is 12.0 Å². The second kappa shape index (κ2) is 6.12. The molecule has 0 aliphatic heterocycles. The maximum absolute atomic E-state index is 13.5. The average Bonchev–Trinajstić information content (AvgIpc) is 3.26. The first kappa shape index (κ1) is 15.7. The van der Waals surface area contributed by atoms with Crippen LogP contribution in [0.5, 0.6) is 0 Å². The van der Waals surface area contributed by atoms with Gasteiger partial charge in [0, 0.05) is 25.5 Å². The van der Waals surface area contributed by atoms with E-state index >= 15 is 0 Å². The van der Waals surface area contributed by atoms with Gasteiger partial charge in [-0.2, -0.15) is 0 Å². The van der Waals surface area contributed by atoms with Crippen molar-refractivity contribution in [2.75, 3.05) is 0 Å². The summed E-state index contributed by atoms with van der Waals surface area (Å²) in [7, 11) is 1.89. The van der Waals surface area contributed by atoms with Gasteiger partial charge in [-0.05, 0) is 37.0 Å². The number of aromatic nitrogens is 2. The van der Waals surface area contributed by atoms with Gasteiger partial charge in [0.05, 0.1) is 6.54 Å². The third-order valence-electron chi connectivity index (χ3n) is 4.32. The second-order valence-corrected chi connectivity index (χ2v) is 6.11. The highest BCUT2D eigenvalue weighted by molar-refractivity contribution is 5.75. The number of rotatable bonds is 6. The molecule has 2 aromatic rings. The van der Waals surface area contributed by atoms with E-state index in [4.69, 9.17) is 0 Å². The zero-order chi connectivity index (χ0) is 16.6. The van der Waals surface area contributed by atoms with Crippen LogP contribution in [0.15, 0.2) is 30.6 Å². The number of imidazole rings is 1. The number of carboxylic acid groups (broad SMARTS) is 1. The fourth-order valence-electron chi connectivity index (χ4n) is 2.86. The summed E-state index contributed by atoms with van der Waals surface area (Å²) < 4.78 is 15.4. The van der Waals surface area contributed by atoms with Crippen LogP contribution in [0.4, 0.5) is 4.39 Å². The van der Waals surface area contributed by atoms with E-state index in [0.29, 0.717) is 17.7 Å². The van der Waals surface area contributed by atoms with Crippen LogP contribution in [-0.4, -0.2) is 31.6 Å². The van der Waals surface area contributed by atoms with E-state index in [9.17, 15) is 14.3 Å². The summed E-state index contributed by atoms with van der Waals surface area (Å²) in [5.74, 6) is -0.418. The molecule has 1 atom stereocenters. The third kappa shape index (κ3) is 3.27. The zero-order valence-corrected chi connectivity index (χ0v) is 13.2. The van der Waals surface area contributed by atoms with Crippen LogP contribution in [-0.2, 0) is 18.4 Å². The van der Waals surface area contributed by atoms with Crippen molar-refractivity contribution in [3.05, 3.63) is 53.4 Å². The Hall–Kier alpha value is -2.21. The van der Waals surface area contributed by atoms with E-state index in [-0.39, 0.29) is 11.9 Å². The van der Waals surface area contributed by atoms with E-state index in [1.54, 1.807) is 25.3 Å². The van der Waals surface area contributed by atoms with Gasteiger partial charge in [-0.1, -0.05) is 12.1 Å². The molecule has 122 valence electrons. The number of hydrogen-bond donors (Lipinski definition) is 1. The second-order valence-electron chi connectivity index (χ2n) is 6.11. The van der Waals surface area contributed by atoms with Crippen LogP contribution >= 0.6 is 0 Å². The number of carbonyl (C=O) groups is 1. The molecule has 0 radical (unpaired) electrons. The minimum absolute atomic E-state index is 0.234. The Balaban J connectivity index is 1.94. The van der Waals surface area contributed by atoms with Crippen molar-refractivity contribution >= 4 is 5.97 Å². The maximum Gasteiger partial charge on any atom is 0.325 e. The van der Waals surface area contributed by atoms with Crippen LogP contribution in [0.3, 0.4) is 0 Å². The van der Waals surface area contributed by atoms with Crippen LogP contribution in [0.25, 0.3) is 0 Å². The van der Waals surface area contributed by atoms with Crippen molar-refractivity contribution < 1.29 is 14.3 Å². The number of aryl methyl sites for hydroxylation is 2. The largest absolute Gasteiger partial charge is 0.480 e. The topological polar surface area (TPSA) is 58.4 Å². The van der Waals surface area contributed by atoms with Gasteiger partial charge in [-0.3, -0.25) is 9.69 Å². The lowest BCUT2D eigenvalue weighted by Gasteiger charge is -2.29. The van der Waals surface area contributed by atoms with Gasteiger partial charge in [0.2, 0.25) is 0 Å². The Labute approximate surface area is 134 Å². The average molecular weight is 317 g/mol. The van der Waals surface area contributed by atoms with Crippen LogP contribution in [0, 0.1) is 12.7 Å². The summed E-state index contributed by atoms with van der Waals surface area (Å²) in [5, 5.41) is 9.77. The lowest BCUT2D eigenvalue weighted by atomic mass is 10.0. The molecule has 0 amide bonds. The third-order valence-corrected chi connectivity index (χ3v) is 4.32. The molecule has 6 heteroatoms. The standard InChI is InChI=1S/C17H20FN3O2/c1-11-9-12(3-6-14(11)18)16(17(22)23)21(13-4-5-13)10-15-19-7-8-20(15)2/h3,6-9,13,16H,4-5,10H2,1-2H3,(H,22,23)/t16-/m0/s1. The van der Waals surface area contributed by atoms with Gasteiger partial charge in [0.15, 0.2) is 0 Å². The Morgan fingerprint density at radius 3 is 2.78 bits per heavy atom. The Morgan fingerprint density at radius 1 is 1.52 bits per heavy atom. The molecule has 1 aromatic heterocycles. The predicted molar refractivity (Wildman–Crippen MR) is 83.3 cm³/mol. The van der Waals surface area contributed by atoms with Crippen molar-refractivity contribution in [2.45, 2.75) is 38.4 Å². The molecule has 1 aliphatic carbocycles. The van der Waals surface area contributed by atoms with Crippen LogP contribution in [0.1, 0.15) is 35.8 Å². The maximum atomic E-state index is 13.5. The molecule has 1 aliphatic rings. The Morgan fingerprint density at radius 2 is 2.26 bits per heavy atom. The van der Waals surface area contributed by atoms with Crippen molar-refractivity contribution in [2.24, 2.45) is 7.05 Å². The van der Waals surface area contributed by atoms with E-state index in [1.807, 2.05) is 22.7 Å². The minimum Gasteiger partial charge on any atom is -0.480 e. The Bertz CT molecular complexity index is 724. The van der Waals surface area contributed by atoms with Gasteiger partial charge in [-0.15, -0.1) is 0 Å². The number of halogens is 1. The van der Waals surface area contributed by atoms with Gasteiger partial charge in [0.25, 0.3) is 0 Å². The molecular formula is C17H20FN3O2. The molecule has 23 heavy (non-hydrogen) atoms. The van der Waals surface area contributed by atoms with Crippen molar-refractivity contribution in [1.82, 2.24) is 14.5 Å². The highest BCUT2D eigenvalue weighted by atomic mass is 19.1. The lowest BCUT2D eigenvalue weighted by Crippen LogP contribution is -2.36. The van der Waals surface area contributed by atoms with E-state index in [2.05, 4.69) is 4.98 Å². The molecule has 1 aromatic carbocycles. The molecule has 0 bridgehead atoms. The minimum atomic E-state index is -0.919. The number of nitrogens with zero attached hydrogens (tertiary/aromatic N) is 3. The molecule has 0 unspecified atom stereocenters.